The summed E-state index contributed by atoms with van der Waals surface area (Å²) in [5, 5.41) is 24.7. The highest BCUT2D eigenvalue weighted by Gasteiger charge is 2.25. The summed E-state index contributed by atoms with van der Waals surface area (Å²) in [7, 11) is 0. The number of carboxylic acids is 1. The number of rotatable bonds is 10. The molecule has 0 fully saturated rings. The molecule has 0 radical (unpaired) electrons. The Hall–Kier alpha value is -1.50. The van der Waals surface area contributed by atoms with Crippen LogP contribution in [0.25, 0.3) is 0 Å². The summed E-state index contributed by atoms with van der Waals surface area (Å²) in [6.45, 7) is 0.837. The van der Waals surface area contributed by atoms with Crippen molar-refractivity contribution in [3.63, 3.8) is 0 Å². The van der Waals surface area contributed by atoms with Crippen LogP contribution in [-0.2, 0) is 19.2 Å². The fourth-order valence-corrected chi connectivity index (χ4v) is 1.91. The van der Waals surface area contributed by atoms with Crippen LogP contribution in [0, 0.1) is 0 Å². The molecular weight excluding hydrogens is 360 g/mol. The molecule has 0 aromatic heterocycles. The van der Waals surface area contributed by atoms with Gasteiger partial charge in [-0.2, -0.15) is 25.3 Å². The van der Waals surface area contributed by atoms with Gasteiger partial charge >= 0.3 is 5.97 Å². The van der Waals surface area contributed by atoms with Crippen molar-refractivity contribution in [1.82, 2.24) is 16.0 Å². The van der Waals surface area contributed by atoms with Gasteiger partial charge in [0.05, 0.1) is 12.6 Å². The Labute approximate surface area is 149 Å². The van der Waals surface area contributed by atoms with Crippen molar-refractivity contribution < 1.29 is 29.4 Å². The molecule has 3 amide bonds. The number of carbonyl (C=O) groups is 4. The lowest BCUT2D eigenvalue weighted by atomic mass is 10.1. The van der Waals surface area contributed by atoms with Gasteiger partial charge in [0, 0.05) is 11.5 Å². The summed E-state index contributed by atoms with van der Waals surface area (Å²) < 4.78 is 0. The van der Waals surface area contributed by atoms with Gasteiger partial charge in [-0.25, -0.2) is 4.79 Å². The van der Waals surface area contributed by atoms with E-state index in [-0.39, 0.29) is 11.5 Å². The number of aliphatic hydroxyl groups excluding tert-OH is 1. The maximum absolute atomic E-state index is 11.9. The third kappa shape index (κ3) is 7.86. The predicted molar refractivity (Wildman–Crippen MR) is 91.9 cm³/mol. The van der Waals surface area contributed by atoms with Gasteiger partial charge < -0.3 is 31.9 Å². The molecule has 0 saturated carbocycles. The van der Waals surface area contributed by atoms with E-state index in [4.69, 9.17) is 10.8 Å². The number of carboxylic acid groups (broad SMARTS) is 1. The zero-order valence-corrected chi connectivity index (χ0v) is 14.7. The van der Waals surface area contributed by atoms with Crippen molar-refractivity contribution in [2.75, 3.05) is 18.1 Å². The average molecular weight is 382 g/mol. The Balaban J connectivity index is 4.48. The van der Waals surface area contributed by atoms with Gasteiger partial charge in [-0.1, -0.05) is 0 Å². The van der Waals surface area contributed by atoms with E-state index < -0.39 is 54.5 Å². The fraction of sp³-hybridized carbons (Fsp3) is 0.667. The summed E-state index contributed by atoms with van der Waals surface area (Å²) in [6, 6.07) is -3.46. The Morgan fingerprint density at radius 3 is 2.00 bits per heavy atom. The second-order valence-electron chi connectivity index (χ2n) is 4.87. The molecule has 0 aliphatic heterocycles. The number of nitrogens with one attached hydrogen (secondary N) is 3. The Kier molecular flexibility index (Phi) is 10.4. The minimum absolute atomic E-state index is 0.0693. The van der Waals surface area contributed by atoms with E-state index in [0.717, 1.165) is 0 Å². The molecule has 24 heavy (non-hydrogen) atoms. The fourth-order valence-electron chi connectivity index (χ4n) is 1.40. The Morgan fingerprint density at radius 1 is 1.04 bits per heavy atom. The molecule has 0 aliphatic rings. The Bertz CT molecular complexity index is 476. The summed E-state index contributed by atoms with van der Waals surface area (Å²) in [4.78, 5) is 45.9. The van der Waals surface area contributed by atoms with Crippen LogP contribution in [0.2, 0.25) is 0 Å². The van der Waals surface area contributed by atoms with Crippen LogP contribution in [0.5, 0.6) is 0 Å². The van der Waals surface area contributed by atoms with Crippen LogP contribution < -0.4 is 21.7 Å². The standard InChI is InChI=1S/C12H22N4O6S2/c1-5(17)9(13)11(20)16-6(3-23)10(19)14-2-8(18)15-7(4-24)12(21)22/h5-7,9,17,23-24H,2-4,13H2,1H3,(H,14,19)(H,15,18)(H,16,20)(H,21,22). The molecule has 0 aromatic rings. The van der Waals surface area contributed by atoms with E-state index in [0.29, 0.717) is 0 Å². The number of nitrogens with two attached hydrogens (primary N) is 1. The van der Waals surface area contributed by atoms with Crippen LogP contribution in [-0.4, -0.2) is 76.2 Å². The highest BCUT2D eigenvalue weighted by atomic mass is 32.1. The SMILES string of the molecule is CC(O)C(N)C(=O)NC(CS)C(=O)NCC(=O)NC(CS)C(=O)O. The van der Waals surface area contributed by atoms with E-state index >= 15 is 0 Å². The van der Waals surface area contributed by atoms with Crippen molar-refractivity contribution in [3.05, 3.63) is 0 Å². The number of aliphatic hydroxyl groups is 1. The van der Waals surface area contributed by atoms with Gasteiger partial charge in [0.15, 0.2) is 0 Å². The van der Waals surface area contributed by atoms with Crippen LogP contribution in [0.3, 0.4) is 0 Å². The van der Waals surface area contributed by atoms with E-state index in [1.807, 2.05) is 0 Å². The smallest absolute Gasteiger partial charge is 0.327 e. The maximum Gasteiger partial charge on any atom is 0.327 e. The number of aliphatic carboxylic acids is 1. The molecular formula is C12H22N4O6S2. The minimum Gasteiger partial charge on any atom is -0.480 e. The molecule has 0 spiro atoms. The monoisotopic (exact) mass is 382 g/mol. The van der Waals surface area contributed by atoms with E-state index in [2.05, 4.69) is 41.2 Å². The van der Waals surface area contributed by atoms with E-state index in [1.54, 1.807) is 0 Å². The normalized spacial score (nSPS) is 15.5. The Morgan fingerprint density at radius 2 is 1.58 bits per heavy atom. The van der Waals surface area contributed by atoms with Crippen molar-refractivity contribution in [2.24, 2.45) is 5.73 Å². The van der Waals surface area contributed by atoms with Crippen LogP contribution in [0.1, 0.15) is 6.92 Å². The number of hydrogen-bond donors (Lipinski definition) is 8. The lowest BCUT2D eigenvalue weighted by Gasteiger charge is -2.20. The largest absolute Gasteiger partial charge is 0.480 e. The first kappa shape index (κ1) is 22.5. The summed E-state index contributed by atoms with van der Waals surface area (Å²) in [5.41, 5.74) is 5.44. The molecule has 4 atom stereocenters. The molecule has 0 saturated heterocycles. The zero-order valence-electron chi connectivity index (χ0n) is 12.9. The molecule has 4 unspecified atom stereocenters. The highest BCUT2D eigenvalue weighted by Crippen LogP contribution is 1.94. The number of thiol groups is 2. The van der Waals surface area contributed by atoms with Gasteiger partial charge in [-0.3, -0.25) is 14.4 Å². The number of carbonyl (C=O) groups excluding carboxylic acids is 3. The van der Waals surface area contributed by atoms with Crippen molar-refractivity contribution in [2.45, 2.75) is 31.2 Å². The van der Waals surface area contributed by atoms with Crippen LogP contribution in [0.15, 0.2) is 0 Å². The first-order chi connectivity index (χ1) is 11.1. The van der Waals surface area contributed by atoms with Gasteiger partial charge in [0.1, 0.15) is 18.1 Å². The first-order valence-electron chi connectivity index (χ1n) is 6.89. The van der Waals surface area contributed by atoms with Gasteiger partial charge in [0.2, 0.25) is 17.7 Å². The maximum atomic E-state index is 11.9. The highest BCUT2D eigenvalue weighted by molar-refractivity contribution is 7.80. The van der Waals surface area contributed by atoms with Crippen LogP contribution in [0.4, 0.5) is 0 Å². The summed E-state index contributed by atoms with van der Waals surface area (Å²) >= 11 is 7.71. The molecule has 0 aromatic carbocycles. The predicted octanol–water partition coefficient (Wildman–Crippen LogP) is -3.28. The third-order valence-electron chi connectivity index (χ3n) is 2.88. The molecule has 0 aliphatic carbocycles. The number of amides is 3. The lowest BCUT2D eigenvalue weighted by molar-refractivity contribution is -0.141. The van der Waals surface area contributed by atoms with Crippen molar-refractivity contribution >= 4 is 48.9 Å². The lowest BCUT2D eigenvalue weighted by Crippen LogP contribution is -2.56. The zero-order chi connectivity index (χ0) is 18.9. The van der Waals surface area contributed by atoms with Gasteiger partial charge in [0.25, 0.3) is 0 Å². The summed E-state index contributed by atoms with van der Waals surface area (Å²) in [5.74, 6) is -3.61. The van der Waals surface area contributed by atoms with E-state index in [9.17, 15) is 24.3 Å². The summed E-state index contributed by atoms with van der Waals surface area (Å²) in [6.07, 6.45) is -1.10. The molecule has 10 nitrogen and oxygen atoms in total. The van der Waals surface area contributed by atoms with Gasteiger partial charge in [-0.15, -0.1) is 0 Å². The molecule has 12 heteroatoms. The molecule has 0 heterocycles. The molecule has 0 rings (SSSR count). The van der Waals surface area contributed by atoms with Crippen molar-refractivity contribution in [3.8, 4) is 0 Å². The van der Waals surface area contributed by atoms with Crippen molar-refractivity contribution in [1.29, 1.82) is 0 Å². The van der Waals surface area contributed by atoms with E-state index in [1.165, 1.54) is 6.92 Å². The first-order valence-corrected chi connectivity index (χ1v) is 8.16. The average Bonchev–Trinajstić information content (AvgIpc) is 2.53. The quantitative estimate of drug-likeness (QED) is 0.183. The molecule has 0 bridgehead atoms. The molecule has 7 N–H and O–H groups in total. The van der Waals surface area contributed by atoms with Gasteiger partial charge in [-0.05, 0) is 6.92 Å². The van der Waals surface area contributed by atoms with Crippen LogP contribution >= 0.6 is 25.3 Å². The third-order valence-corrected chi connectivity index (χ3v) is 3.61. The topological polar surface area (TPSA) is 171 Å². The molecule has 138 valence electrons. The second-order valence-corrected chi connectivity index (χ2v) is 5.60. The minimum atomic E-state index is -1.25. The second kappa shape index (κ2) is 11.1. The number of hydrogen-bond acceptors (Lipinski definition) is 8.